The second-order valence-electron chi connectivity index (χ2n) is 9.91. The molecule has 0 spiro atoms. The number of carbonyl (C=O) groups excluding carboxylic acids is 3. The van der Waals surface area contributed by atoms with Crippen molar-refractivity contribution in [3.8, 4) is 0 Å². The van der Waals surface area contributed by atoms with E-state index in [-0.39, 0.29) is 23.6 Å². The van der Waals surface area contributed by atoms with Crippen LogP contribution in [0.4, 0.5) is 5.69 Å². The number of imide groups is 1. The van der Waals surface area contributed by atoms with Gasteiger partial charge in [0.2, 0.25) is 11.8 Å². The number of amides is 2. The largest absolute Gasteiger partial charge is 0.359 e. The van der Waals surface area contributed by atoms with E-state index in [0.29, 0.717) is 10.2 Å². The van der Waals surface area contributed by atoms with Crippen LogP contribution in [0.15, 0.2) is 53.1 Å². The summed E-state index contributed by atoms with van der Waals surface area (Å²) in [5, 5.41) is 0. The first kappa shape index (κ1) is 21.1. The van der Waals surface area contributed by atoms with Crippen LogP contribution in [0.25, 0.3) is 6.08 Å². The lowest BCUT2D eigenvalue weighted by Crippen LogP contribution is -2.47. The number of anilines is 1. The lowest BCUT2D eigenvalue weighted by Gasteiger charge is -2.37. The SMILES string of the molecule is Cc1ccc(N2C(=O)[C@@H]3[C@H](C2=O)[C@@H]2c4ccccc4C=CN2[C@@H]3C(=O)C(C)(C)C)c(Br)c1. The molecule has 2 fully saturated rings. The van der Waals surface area contributed by atoms with Crippen molar-refractivity contribution in [1.82, 2.24) is 4.90 Å². The molecule has 2 aromatic carbocycles. The van der Waals surface area contributed by atoms with Crippen LogP contribution in [0.1, 0.15) is 43.5 Å². The number of nitrogens with zero attached hydrogens (tertiary/aromatic N) is 2. The van der Waals surface area contributed by atoms with Gasteiger partial charge < -0.3 is 4.90 Å². The Bertz CT molecular complexity index is 1200. The van der Waals surface area contributed by atoms with E-state index < -0.39 is 23.3 Å². The summed E-state index contributed by atoms with van der Waals surface area (Å²) >= 11 is 3.53. The molecule has 4 atom stereocenters. The second kappa shape index (κ2) is 7.14. The maximum atomic E-state index is 13.8. The summed E-state index contributed by atoms with van der Waals surface area (Å²) in [7, 11) is 0. The standard InChI is InChI=1S/C26H25BrN2O3/c1-14-9-10-18(17(27)13-14)29-24(31)19-20(25(29)32)22(23(30)26(2,3)4)28-12-11-15-7-5-6-8-16(15)21(19)28/h5-13,19-22H,1-4H3/t19-,20+,21-,22-/m0/s1. The van der Waals surface area contributed by atoms with Gasteiger partial charge in [0.25, 0.3) is 0 Å². The van der Waals surface area contributed by atoms with Gasteiger partial charge in [0.05, 0.1) is 23.6 Å². The molecule has 32 heavy (non-hydrogen) atoms. The van der Waals surface area contributed by atoms with E-state index >= 15 is 0 Å². The fourth-order valence-electron chi connectivity index (χ4n) is 5.33. The number of hydrogen-bond acceptors (Lipinski definition) is 4. The van der Waals surface area contributed by atoms with Gasteiger partial charge >= 0.3 is 0 Å². The molecule has 0 aliphatic carbocycles. The average Bonchev–Trinajstić information content (AvgIpc) is 3.20. The Hall–Kier alpha value is -2.73. The van der Waals surface area contributed by atoms with Crippen molar-refractivity contribution < 1.29 is 14.4 Å². The van der Waals surface area contributed by atoms with Gasteiger partial charge in [-0.25, -0.2) is 4.90 Å². The van der Waals surface area contributed by atoms with Gasteiger partial charge in [-0.15, -0.1) is 0 Å². The smallest absolute Gasteiger partial charge is 0.240 e. The molecule has 3 aliphatic heterocycles. The Morgan fingerprint density at radius 2 is 1.69 bits per heavy atom. The van der Waals surface area contributed by atoms with Crippen molar-refractivity contribution in [3.63, 3.8) is 0 Å². The minimum absolute atomic E-state index is 0.0231. The van der Waals surface area contributed by atoms with Crippen LogP contribution >= 0.6 is 15.9 Å². The Kier molecular flexibility index (Phi) is 4.71. The van der Waals surface area contributed by atoms with Crippen molar-refractivity contribution in [2.24, 2.45) is 17.3 Å². The van der Waals surface area contributed by atoms with Crippen molar-refractivity contribution >= 4 is 45.3 Å². The summed E-state index contributed by atoms with van der Waals surface area (Å²) in [6.45, 7) is 7.57. The molecule has 3 heterocycles. The van der Waals surface area contributed by atoms with Crippen molar-refractivity contribution in [2.75, 3.05) is 4.90 Å². The van der Waals surface area contributed by atoms with E-state index in [1.807, 2.05) is 81.3 Å². The van der Waals surface area contributed by atoms with Gasteiger partial charge in [-0.1, -0.05) is 51.1 Å². The predicted octanol–water partition coefficient (Wildman–Crippen LogP) is 4.89. The normalized spacial score (nSPS) is 26.3. The van der Waals surface area contributed by atoms with Gasteiger partial charge in [0.15, 0.2) is 5.78 Å². The van der Waals surface area contributed by atoms with Crippen molar-refractivity contribution in [2.45, 2.75) is 39.8 Å². The lowest BCUT2D eigenvalue weighted by atomic mass is 9.79. The molecular weight excluding hydrogens is 468 g/mol. The highest BCUT2D eigenvalue weighted by Gasteiger charge is 2.65. The molecule has 0 saturated carbocycles. The van der Waals surface area contributed by atoms with Gasteiger partial charge in [0, 0.05) is 16.1 Å². The number of hydrogen-bond donors (Lipinski definition) is 0. The van der Waals surface area contributed by atoms with Crippen LogP contribution in [0.5, 0.6) is 0 Å². The number of Topliss-reactive ketones (excluding diaryl/α,β-unsaturated/α-hetero) is 1. The first-order valence-corrected chi connectivity index (χ1v) is 11.6. The molecule has 5 rings (SSSR count). The maximum Gasteiger partial charge on any atom is 0.240 e. The fraction of sp³-hybridized carbons (Fsp3) is 0.346. The second-order valence-corrected chi connectivity index (χ2v) is 10.8. The third-order valence-corrected chi connectivity index (χ3v) is 7.45. The molecule has 2 amide bonds. The van der Waals surface area contributed by atoms with Gasteiger partial charge in [-0.2, -0.15) is 0 Å². The third kappa shape index (κ3) is 2.92. The van der Waals surface area contributed by atoms with E-state index in [4.69, 9.17) is 0 Å². The molecule has 0 aromatic heterocycles. The Morgan fingerprint density at radius 3 is 2.38 bits per heavy atom. The minimum Gasteiger partial charge on any atom is -0.359 e. The molecule has 0 N–H and O–H groups in total. The summed E-state index contributed by atoms with van der Waals surface area (Å²) in [6.07, 6.45) is 3.87. The summed E-state index contributed by atoms with van der Waals surface area (Å²) in [5.74, 6) is -1.90. The van der Waals surface area contributed by atoms with Crippen molar-refractivity contribution in [3.05, 3.63) is 69.8 Å². The molecule has 2 aromatic rings. The van der Waals surface area contributed by atoms with E-state index in [2.05, 4.69) is 15.9 Å². The van der Waals surface area contributed by atoms with Gasteiger partial charge in [0.1, 0.15) is 6.04 Å². The van der Waals surface area contributed by atoms with Crippen molar-refractivity contribution in [1.29, 1.82) is 0 Å². The molecule has 164 valence electrons. The Morgan fingerprint density at radius 1 is 1.00 bits per heavy atom. The first-order valence-electron chi connectivity index (χ1n) is 10.8. The fourth-order valence-corrected chi connectivity index (χ4v) is 6.00. The number of carbonyl (C=O) groups is 3. The lowest BCUT2D eigenvalue weighted by molar-refractivity contribution is -0.135. The van der Waals surface area contributed by atoms with Crippen LogP contribution in [0.2, 0.25) is 0 Å². The molecule has 5 nitrogen and oxygen atoms in total. The predicted molar refractivity (Wildman–Crippen MR) is 127 cm³/mol. The molecule has 6 heteroatoms. The first-order chi connectivity index (χ1) is 15.1. The average molecular weight is 493 g/mol. The highest BCUT2D eigenvalue weighted by atomic mass is 79.9. The van der Waals surface area contributed by atoms with E-state index in [9.17, 15) is 14.4 Å². The number of aryl methyl sites for hydroxylation is 1. The highest BCUT2D eigenvalue weighted by Crippen LogP contribution is 2.54. The Balaban J connectivity index is 1.68. The van der Waals surface area contributed by atoms with E-state index in [0.717, 1.165) is 16.7 Å². The van der Waals surface area contributed by atoms with Crippen LogP contribution in [-0.2, 0) is 14.4 Å². The van der Waals surface area contributed by atoms with Crippen LogP contribution in [-0.4, -0.2) is 28.5 Å². The highest BCUT2D eigenvalue weighted by molar-refractivity contribution is 9.10. The summed E-state index contributed by atoms with van der Waals surface area (Å²) < 4.78 is 0.693. The van der Waals surface area contributed by atoms with Crippen LogP contribution in [0, 0.1) is 24.2 Å². The summed E-state index contributed by atoms with van der Waals surface area (Å²) in [4.78, 5) is 44.5. The number of benzene rings is 2. The number of ketones is 1. The summed E-state index contributed by atoms with van der Waals surface area (Å²) in [6, 6.07) is 12.5. The third-order valence-electron chi connectivity index (χ3n) is 6.81. The number of fused-ring (bicyclic) bond motifs is 5. The zero-order valence-electron chi connectivity index (χ0n) is 18.5. The number of halogens is 1. The van der Waals surface area contributed by atoms with Gasteiger partial charge in [-0.05, 0) is 57.8 Å². The molecule has 3 aliphatic rings. The molecular formula is C26H25BrN2O3. The van der Waals surface area contributed by atoms with E-state index in [1.54, 1.807) is 6.07 Å². The van der Waals surface area contributed by atoms with Gasteiger partial charge in [-0.3, -0.25) is 14.4 Å². The molecule has 0 radical (unpaired) electrons. The Labute approximate surface area is 196 Å². The molecule has 0 bridgehead atoms. The number of rotatable bonds is 2. The molecule has 0 unspecified atom stereocenters. The zero-order valence-corrected chi connectivity index (χ0v) is 20.1. The van der Waals surface area contributed by atoms with Crippen LogP contribution < -0.4 is 4.90 Å². The minimum atomic E-state index is -0.719. The maximum absolute atomic E-state index is 13.8. The zero-order chi connectivity index (χ0) is 22.9. The summed E-state index contributed by atoms with van der Waals surface area (Å²) in [5.41, 5.74) is 2.92. The molecule has 2 saturated heterocycles. The quantitative estimate of drug-likeness (QED) is 0.560. The van der Waals surface area contributed by atoms with E-state index in [1.165, 1.54) is 4.90 Å². The van der Waals surface area contributed by atoms with Crippen LogP contribution in [0.3, 0.4) is 0 Å². The topological polar surface area (TPSA) is 57.7 Å². The monoisotopic (exact) mass is 492 g/mol.